The van der Waals surface area contributed by atoms with E-state index in [9.17, 15) is 18.8 Å². The van der Waals surface area contributed by atoms with E-state index in [4.69, 9.17) is 0 Å². The Morgan fingerprint density at radius 1 is 1.27 bits per heavy atom. The van der Waals surface area contributed by atoms with E-state index in [0.29, 0.717) is 22.1 Å². The van der Waals surface area contributed by atoms with Crippen LogP contribution < -0.4 is 5.32 Å². The molecule has 0 aliphatic carbocycles. The van der Waals surface area contributed by atoms with Gasteiger partial charge in [0.1, 0.15) is 10.7 Å². The van der Waals surface area contributed by atoms with Crippen molar-refractivity contribution < 1.29 is 18.8 Å². The number of hydrogen-bond acceptors (Lipinski definition) is 6. The van der Waals surface area contributed by atoms with E-state index in [2.05, 4.69) is 24.1 Å². The lowest BCUT2D eigenvalue weighted by Crippen LogP contribution is -2.37. The minimum atomic E-state index is -0.420. The van der Waals surface area contributed by atoms with E-state index in [1.807, 2.05) is 0 Å². The average molecular weight is 448 g/mol. The Morgan fingerprint density at radius 2 is 1.97 bits per heavy atom. The summed E-state index contributed by atoms with van der Waals surface area (Å²) in [4.78, 5) is 43.5. The molecule has 2 aromatic rings. The van der Waals surface area contributed by atoms with Crippen molar-refractivity contribution in [2.75, 3.05) is 13.1 Å². The predicted octanol–water partition coefficient (Wildman–Crippen LogP) is 4.26. The van der Waals surface area contributed by atoms with Crippen LogP contribution in [-0.2, 0) is 11.2 Å². The molecule has 0 unspecified atom stereocenters. The second kappa shape index (κ2) is 9.53. The maximum absolute atomic E-state index is 13.0. The number of carbonyl (C=O) groups is 3. The van der Waals surface area contributed by atoms with E-state index >= 15 is 0 Å². The molecule has 1 fully saturated rings. The number of aryl methyl sites for hydroxylation is 1. The molecule has 0 atom stereocenters. The Kier molecular flexibility index (Phi) is 7.04. The van der Waals surface area contributed by atoms with Gasteiger partial charge in [-0.05, 0) is 48.4 Å². The Balaban J connectivity index is 1.57. The first-order valence-electron chi connectivity index (χ1n) is 9.50. The number of hydrogen-bond donors (Lipinski definition) is 1. The third-order valence-corrected chi connectivity index (χ3v) is 6.38. The zero-order valence-electron chi connectivity index (χ0n) is 16.9. The van der Waals surface area contributed by atoms with Crippen LogP contribution in [-0.4, -0.2) is 40.0 Å². The molecule has 0 radical (unpaired) electrons. The highest BCUT2D eigenvalue weighted by molar-refractivity contribution is 8.18. The minimum absolute atomic E-state index is 0.0772. The zero-order chi connectivity index (χ0) is 21.8. The number of halogens is 1. The second-order valence-electron chi connectivity index (χ2n) is 7.26. The number of imide groups is 1. The summed E-state index contributed by atoms with van der Waals surface area (Å²) >= 11 is 2.20. The number of benzene rings is 1. The second-order valence-corrected chi connectivity index (χ2v) is 9.34. The molecule has 3 rings (SSSR count). The Labute approximate surface area is 182 Å². The van der Waals surface area contributed by atoms with Gasteiger partial charge in [-0.1, -0.05) is 26.0 Å². The van der Waals surface area contributed by atoms with Gasteiger partial charge in [0.2, 0.25) is 0 Å². The van der Waals surface area contributed by atoms with Gasteiger partial charge in [0.15, 0.2) is 0 Å². The lowest BCUT2D eigenvalue weighted by Gasteiger charge is -2.12. The van der Waals surface area contributed by atoms with Crippen molar-refractivity contribution >= 4 is 46.2 Å². The van der Waals surface area contributed by atoms with Crippen LogP contribution in [0.15, 0.2) is 29.2 Å². The summed E-state index contributed by atoms with van der Waals surface area (Å²) in [5.41, 5.74) is 1.31. The van der Waals surface area contributed by atoms with Crippen molar-refractivity contribution in [3.05, 3.63) is 56.1 Å². The summed E-state index contributed by atoms with van der Waals surface area (Å²) in [7, 11) is 0. The van der Waals surface area contributed by atoms with E-state index < -0.39 is 11.1 Å². The zero-order valence-corrected chi connectivity index (χ0v) is 18.5. The number of rotatable bonds is 7. The Hall–Kier alpha value is -2.52. The van der Waals surface area contributed by atoms with Crippen LogP contribution in [0.5, 0.6) is 0 Å². The molecular weight excluding hydrogens is 425 g/mol. The molecule has 1 aliphatic rings. The van der Waals surface area contributed by atoms with Crippen molar-refractivity contribution in [3.8, 4) is 0 Å². The number of carbonyl (C=O) groups excluding carboxylic acids is 3. The fourth-order valence-corrected chi connectivity index (χ4v) is 4.92. The third-order valence-electron chi connectivity index (χ3n) is 4.29. The van der Waals surface area contributed by atoms with Crippen LogP contribution in [0.1, 0.15) is 39.8 Å². The van der Waals surface area contributed by atoms with Crippen LogP contribution in [0.3, 0.4) is 0 Å². The molecule has 1 N–H and O–H groups in total. The third kappa shape index (κ3) is 5.34. The van der Waals surface area contributed by atoms with Crippen LogP contribution in [0.2, 0.25) is 0 Å². The quantitative estimate of drug-likeness (QED) is 0.642. The SMILES string of the molecule is Cc1nc(CC(C)C)sc1C(=O)NCCN1C(=O)S/C(=C/c2ccc(F)cc2)C1=O. The molecule has 3 amide bonds. The summed E-state index contributed by atoms with van der Waals surface area (Å²) in [5.74, 6) is -0.595. The molecule has 1 aliphatic heterocycles. The highest BCUT2D eigenvalue weighted by Crippen LogP contribution is 2.32. The highest BCUT2D eigenvalue weighted by atomic mass is 32.2. The van der Waals surface area contributed by atoms with Gasteiger partial charge in [0.05, 0.1) is 15.6 Å². The first kappa shape index (κ1) is 22.2. The summed E-state index contributed by atoms with van der Waals surface area (Å²) in [6, 6.07) is 5.65. The molecular formula is C21H22FN3O3S2. The van der Waals surface area contributed by atoms with Gasteiger partial charge in [0.25, 0.3) is 17.1 Å². The smallest absolute Gasteiger partial charge is 0.293 e. The molecule has 6 nitrogen and oxygen atoms in total. The molecule has 30 heavy (non-hydrogen) atoms. The van der Waals surface area contributed by atoms with Crippen LogP contribution in [0.4, 0.5) is 9.18 Å². The molecule has 1 saturated heterocycles. The largest absolute Gasteiger partial charge is 0.349 e. The Bertz CT molecular complexity index is 999. The maximum Gasteiger partial charge on any atom is 0.293 e. The number of nitrogens with zero attached hydrogens (tertiary/aromatic N) is 2. The van der Waals surface area contributed by atoms with Crippen molar-refractivity contribution in [1.82, 2.24) is 15.2 Å². The van der Waals surface area contributed by atoms with Gasteiger partial charge in [-0.3, -0.25) is 19.3 Å². The molecule has 9 heteroatoms. The summed E-state index contributed by atoms with van der Waals surface area (Å²) in [5, 5.41) is 3.29. The maximum atomic E-state index is 13.0. The number of amides is 3. The van der Waals surface area contributed by atoms with Crippen LogP contribution in [0.25, 0.3) is 6.08 Å². The summed E-state index contributed by atoms with van der Waals surface area (Å²) < 4.78 is 13.0. The first-order chi connectivity index (χ1) is 14.2. The van der Waals surface area contributed by atoms with Crippen molar-refractivity contribution in [1.29, 1.82) is 0 Å². The fourth-order valence-electron chi connectivity index (χ4n) is 2.86. The van der Waals surface area contributed by atoms with Crippen molar-refractivity contribution in [2.45, 2.75) is 27.2 Å². The number of thiazole rings is 1. The number of nitrogens with one attached hydrogen (secondary N) is 1. The predicted molar refractivity (Wildman–Crippen MR) is 117 cm³/mol. The van der Waals surface area contributed by atoms with Crippen LogP contribution in [0, 0.1) is 18.7 Å². The lowest BCUT2D eigenvalue weighted by molar-refractivity contribution is -0.122. The van der Waals surface area contributed by atoms with E-state index in [1.54, 1.807) is 13.0 Å². The first-order valence-corrected chi connectivity index (χ1v) is 11.1. The highest BCUT2D eigenvalue weighted by Gasteiger charge is 2.34. The van der Waals surface area contributed by atoms with Crippen molar-refractivity contribution in [3.63, 3.8) is 0 Å². The lowest BCUT2D eigenvalue weighted by atomic mass is 10.1. The molecule has 1 aromatic heterocycles. The summed E-state index contributed by atoms with van der Waals surface area (Å²) in [6.45, 7) is 6.21. The van der Waals surface area contributed by atoms with Crippen molar-refractivity contribution in [2.24, 2.45) is 5.92 Å². The van der Waals surface area contributed by atoms with Gasteiger partial charge < -0.3 is 5.32 Å². The minimum Gasteiger partial charge on any atom is -0.349 e. The van der Waals surface area contributed by atoms with Crippen LogP contribution >= 0.6 is 23.1 Å². The molecule has 0 spiro atoms. The van der Waals surface area contributed by atoms with E-state index in [1.165, 1.54) is 35.6 Å². The van der Waals surface area contributed by atoms with Gasteiger partial charge in [-0.25, -0.2) is 9.37 Å². The standard InChI is InChI=1S/C21H22FN3O3S2/c1-12(2)10-17-24-13(3)18(30-17)19(26)23-8-9-25-20(27)16(29-21(25)28)11-14-4-6-15(22)7-5-14/h4-7,11-12H,8-10H2,1-3H3,(H,23,26)/b16-11+. The van der Waals surface area contributed by atoms with Gasteiger partial charge in [0, 0.05) is 19.5 Å². The van der Waals surface area contributed by atoms with Gasteiger partial charge >= 0.3 is 0 Å². The molecule has 158 valence electrons. The Morgan fingerprint density at radius 3 is 2.63 bits per heavy atom. The molecule has 2 heterocycles. The molecule has 0 saturated carbocycles. The van der Waals surface area contributed by atoms with E-state index in [0.717, 1.165) is 28.1 Å². The number of thioether (sulfide) groups is 1. The monoisotopic (exact) mass is 447 g/mol. The van der Waals surface area contributed by atoms with E-state index in [-0.39, 0.29) is 29.7 Å². The molecule has 0 bridgehead atoms. The summed E-state index contributed by atoms with van der Waals surface area (Å²) in [6.07, 6.45) is 2.37. The average Bonchev–Trinajstić information content (AvgIpc) is 3.16. The van der Waals surface area contributed by atoms with Gasteiger partial charge in [-0.2, -0.15) is 0 Å². The topological polar surface area (TPSA) is 79.4 Å². The van der Waals surface area contributed by atoms with Gasteiger partial charge in [-0.15, -0.1) is 11.3 Å². The number of aromatic nitrogens is 1. The normalized spacial score (nSPS) is 15.5. The molecule has 1 aromatic carbocycles. The fraction of sp³-hybridized carbons (Fsp3) is 0.333.